The molecule has 3 N–H and O–H groups in total. The van der Waals surface area contributed by atoms with E-state index in [-0.39, 0.29) is 6.54 Å². The second-order valence-corrected chi connectivity index (χ2v) is 4.92. The molecule has 8 heteroatoms. The Kier molecular flexibility index (Phi) is 4.92. The van der Waals surface area contributed by atoms with E-state index < -0.39 is 29.9 Å². The van der Waals surface area contributed by atoms with Crippen molar-refractivity contribution in [3.05, 3.63) is 30.1 Å². The van der Waals surface area contributed by atoms with Crippen molar-refractivity contribution in [2.75, 3.05) is 11.9 Å². The highest BCUT2D eigenvalue weighted by Gasteiger charge is 2.31. The smallest absolute Gasteiger partial charge is 0.405 e. The van der Waals surface area contributed by atoms with Crippen LogP contribution in [0.25, 0.3) is 0 Å². The van der Waals surface area contributed by atoms with Gasteiger partial charge in [0.25, 0.3) is 5.91 Å². The van der Waals surface area contributed by atoms with Gasteiger partial charge in [0, 0.05) is 12.2 Å². The molecule has 1 aromatic carbocycles. The Morgan fingerprint density at radius 1 is 1.23 bits per heavy atom. The van der Waals surface area contributed by atoms with Crippen LogP contribution in [0.4, 0.5) is 19.7 Å². The third kappa shape index (κ3) is 3.94. The molecule has 1 aromatic rings. The highest BCUT2D eigenvalue weighted by Crippen LogP contribution is 2.15. The van der Waals surface area contributed by atoms with Crippen LogP contribution in [0, 0.1) is 5.82 Å². The zero-order valence-electron chi connectivity index (χ0n) is 11.7. The number of halogens is 1. The van der Waals surface area contributed by atoms with E-state index in [1.807, 2.05) is 0 Å². The molecule has 1 aliphatic heterocycles. The molecule has 1 fully saturated rings. The molecule has 1 atom stereocenters. The van der Waals surface area contributed by atoms with Gasteiger partial charge in [-0.05, 0) is 43.5 Å². The first-order valence-corrected chi connectivity index (χ1v) is 6.85. The number of rotatable bonds is 2. The van der Waals surface area contributed by atoms with E-state index in [9.17, 15) is 18.8 Å². The molecule has 0 bridgehead atoms. The summed E-state index contributed by atoms with van der Waals surface area (Å²) >= 11 is 0. The van der Waals surface area contributed by atoms with Gasteiger partial charge in [-0.25, -0.2) is 14.0 Å². The van der Waals surface area contributed by atoms with E-state index >= 15 is 0 Å². The number of hydrogen-bond acceptors (Lipinski definition) is 3. The van der Waals surface area contributed by atoms with Crippen molar-refractivity contribution in [1.82, 2.24) is 10.2 Å². The van der Waals surface area contributed by atoms with Gasteiger partial charge in [0.1, 0.15) is 11.9 Å². The highest BCUT2D eigenvalue weighted by molar-refractivity contribution is 6.03. The zero-order valence-corrected chi connectivity index (χ0v) is 11.7. The number of carbonyl (C=O) groups excluding carboxylic acids is 2. The van der Waals surface area contributed by atoms with Crippen LogP contribution < -0.4 is 10.6 Å². The maximum Gasteiger partial charge on any atom is 0.405 e. The quantitative estimate of drug-likeness (QED) is 0.778. The predicted molar refractivity (Wildman–Crippen MR) is 75.9 cm³/mol. The SMILES string of the molecule is O=C(O)N[C@H]1CCCCN(C(=O)Nc2ccc(F)cc2)C1=O. The highest BCUT2D eigenvalue weighted by atomic mass is 19.1. The summed E-state index contributed by atoms with van der Waals surface area (Å²) in [5, 5.41) is 13.4. The first-order chi connectivity index (χ1) is 10.5. The van der Waals surface area contributed by atoms with E-state index in [2.05, 4.69) is 10.6 Å². The first-order valence-electron chi connectivity index (χ1n) is 6.85. The van der Waals surface area contributed by atoms with Gasteiger partial charge in [-0.1, -0.05) is 0 Å². The van der Waals surface area contributed by atoms with E-state index in [0.29, 0.717) is 24.9 Å². The third-order valence-corrected chi connectivity index (χ3v) is 3.33. The van der Waals surface area contributed by atoms with Crippen molar-refractivity contribution in [2.45, 2.75) is 25.3 Å². The fourth-order valence-electron chi connectivity index (χ4n) is 2.25. The number of hydrogen-bond donors (Lipinski definition) is 3. The number of benzene rings is 1. The largest absolute Gasteiger partial charge is 0.465 e. The van der Waals surface area contributed by atoms with Gasteiger partial charge < -0.3 is 15.7 Å². The number of nitrogens with one attached hydrogen (secondary N) is 2. The van der Waals surface area contributed by atoms with Crippen molar-refractivity contribution >= 4 is 23.7 Å². The van der Waals surface area contributed by atoms with Crippen LogP contribution in [0.15, 0.2) is 24.3 Å². The number of likely N-dealkylation sites (tertiary alicyclic amines) is 1. The van der Waals surface area contributed by atoms with E-state index in [4.69, 9.17) is 5.11 Å². The summed E-state index contributed by atoms with van der Waals surface area (Å²) in [6, 6.07) is 3.54. The Morgan fingerprint density at radius 3 is 2.55 bits per heavy atom. The molecular formula is C14H16FN3O4. The lowest BCUT2D eigenvalue weighted by atomic mass is 10.1. The Labute approximate surface area is 126 Å². The molecule has 1 aliphatic rings. The zero-order chi connectivity index (χ0) is 16.1. The van der Waals surface area contributed by atoms with Gasteiger partial charge in [0.05, 0.1) is 0 Å². The van der Waals surface area contributed by atoms with Gasteiger partial charge in [-0.3, -0.25) is 9.69 Å². The molecule has 1 heterocycles. The number of anilines is 1. The summed E-state index contributed by atoms with van der Waals surface area (Å²) in [7, 11) is 0. The minimum atomic E-state index is -1.31. The summed E-state index contributed by atoms with van der Waals surface area (Å²) < 4.78 is 12.8. The van der Waals surface area contributed by atoms with Gasteiger partial charge in [-0.2, -0.15) is 0 Å². The van der Waals surface area contributed by atoms with Crippen LogP contribution in [-0.2, 0) is 4.79 Å². The lowest BCUT2D eigenvalue weighted by molar-refractivity contribution is -0.129. The maximum atomic E-state index is 12.8. The fraction of sp³-hybridized carbons (Fsp3) is 0.357. The van der Waals surface area contributed by atoms with Gasteiger partial charge in [0.2, 0.25) is 0 Å². The van der Waals surface area contributed by atoms with Gasteiger partial charge in [-0.15, -0.1) is 0 Å². The van der Waals surface area contributed by atoms with Crippen molar-refractivity contribution < 1.29 is 23.9 Å². The second kappa shape index (κ2) is 6.88. The Hall–Kier alpha value is -2.64. The lowest BCUT2D eigenvalue weighted by Crippen LogP contribution is -2.50. The molecular weight excluding hydrogens is 293 g/mol. The molecule has 0 unspecified atom stereocenters. The molecule has 0 saturated carbocycles. The molecule has 2 rings (SSSR count). The minimum Gasteiger partial charge on any atom is -0.465 e. The Balaban J connectivity index is 2.07. The number of amides is 4. The maximum absolute atomic E-state index is 12.8. The molecule has 0 aliphatic carbocycles. The molecule has 0 spiro atoms. The molecule has 4 amide bonds. The minimum absolute atomic E-state index is 0.212. The topological polar surface area (TPSA) is 98.7 Å². The Bertz CT molecular complexity index is 576. The van der Waals surface area contributed by atoms with Crippen LogP contribution >= 0.6 is 0 Å². The number of carbonyl (C=O) groups is 3. The van der Waals surface area contributed by atoms with Crippen LogP contribution in [0.3, 0.4) is 0 Å². The number of imide groups is 1. The standard InChI is InChI=1S/C14H16FN3O4/c15-9-4-6-10(7-5-9)16-13(20)18-8-2-1-3-11(12(18)19)17-14(21)22/h4-7,11,17H,1-3,8H2,(H,16,20)(H,21,22)/t11-/m0/s1. The number of urea groups is 1. The van der Waals surface area contributed by atoms with Crippen LogP contribution in [0.1, 0.15) is 19.3 Å². The summed E-state index contributed by atoms with van der Waals surface area (Å²) in [5.41, 5.74) is 0.353. The van der Waals surface area contributed by atoms with Crippen LogP contribution in [0.2, 0.25) is 0 Å². The van der Waals surface area contributed by atoms with Crippen molar-refractivity contribution in [3.8, 4) is 0 Å². The summed E-state index contributed by atoms with van der Waals surface area (Å²) in [5.74, 6) is -1.02. The van der Waals surface area contributed by atoms with Crippen molar-refractivity contribution in [2.24, 2.45) is 0 Å². The number of nitrogens with zero attached hydrogens (tertiary/aromatic N) is 1. The predicted octanol–water partition coefficient (Wildman–Crippen LogP) is 2.01. The van der Waals surface area contributed by atoms with E-state index in [1.165, 1.54) is 24.3 Å². The van der Waals surface area contributed by atoms with Gasteiger partial charge in [0.15, 0.2) is 0 Å². The molecule has 0 aromatic heterocycles. The van der Waals surface area contributed by atoms with E-state index in [0.717, 1.165) is 4.90 Å². The van der Waals surface area contributed by atoms with E-state index in [1.54, 1.807) is 0 Å². The molecule has 7 nitrogen and oxygen atoms in total. The second-order valence-electron chi connectivity index (χ2n) is 4.92. The van der Waals surface area contributed by atoms with Gasteiger partial charge >= 0.3 is 12.1 Å². The fourth-order valence-corrected chi connectivity index (χ4v) is 2.25. The first kappa shape index (κ1) is 15.7. The summed E-state index contributed by atoms with van der Waals surface area (Å²) in [6.07, 6.45) is 0.280. The lowest BCUT2D eigenvalue weighted by Gasteiger charge is -2.22. The molecule has 0 radical (unpaired) electrons. The van der Waals surface area contributed by atoms with Crippen molar-refractivity contribution in [3.63, 3.8) is 0 Å². The van der Waals surface area contributed by atoms with Crippen molar-refractivity contribution in [1.29, 1.82) is 0 Å². The average Bonchev–Trinajstić information content (AvgIpc) is 2.64. The summed E-state index contributed by atoms with van der Waals surface area (Å²) in [6.45, 7) is 0.212. The summed E-state index contributed by atoms with van der Waals surface area (Å²) in [4.78, 5) is 36.1. The molecule has 22 heavy (non-hydrogen) atoms. The van der Waals surface area contributed by atoms with Crippen LogP contribution in [0.5, 0.6) is 0 Å². The molecule has 118 valence electrons. The monoisotopic (exact) mass is 309 g/mol. The Morgan fingerprint density at radius 2 is 1.91 bits per heavy atom. The normalized spacial score (nSPS) is 18.5. The third-order valence-electron chi connectivity index (χ3n) is 3.33. The molecule has 1 saturated heterocycles. The average molecular weight is 309 g/mol. The number of carboxylic acid groups (broad SMARTS) is 1. The van der Waals surface area contributed by atoms with Crippen LogP contribution in [-0.4, -0.2) is 40.6 Å².